The van der Waals surface area contributed by atoms with Gasteiger partial charge < -0.3 is 19.7 Å². The van der Waals surface area contributed by atoms with E-state index in [0.29, 0.717) is 6.54 Å². The van der Waals surface area contributed by atoms with Gasteiger partial charge in [0.2, 0.25) is 0 Å². The molecule has 1 heterocycles. The number of thiophene rings is 1. The Bertz CT molecular complexity index is 789. The maximum Gasteiger partial charge on any atom is 0.339 e. The van der Waals surface area contributed by atoms with Crippen molar-refractivity contribution in [2.75, 3.05) is 33.1 Å². The van der Waals surface area contributed by atoms with Crippen molar-refractivity contribution in [2.24, 2.45) is 0 Å². The van der Waals surface area contributed by atoms with Gasteiger partial charge in [0.25, 0.3) is 5.91 Å². The number of hydrogen-bond acceptors (Lipinski definition) is 6. The number of nitrogens with one attached hydrogen (secondary N) is 2. The van der Waals surface area contributed by atoms with Gasteiger partial charge in [-0.2, -0.15) is 11.3 Å². The molecule has 0 aliphatic carbocycles. The summed E-state index contributed by atoms with van der Waals surface area (Å²) in [5, 5.41) is 6.72. The standard InChI is InChI=1S/C18H20N2O5S/c1-20(9-12-6-7-26-11-12)10-16(21)19-15-8-13(17(22)24-2)4-5-14(15)18(23)25-3/h4-8,11H,9-10H2,1-3H3,(H,19,21)/p+1. The minimum Gasteiger partial charge on any atom is -0.465 e. The van der Waals surface area contributed by atoms with Crippen molar-refractivity contribution in [1.82, 2.24) is 0 Å². The number of carbonyl (C=O) groups is 3. The SMILES string of the molecule is COC(=O)c1ccc(C(=O)OC)c(NC(=O)C[NH+](C)Cc2ccsc2)c1. The lowest BCUT2D eigenvalue weighted by molar-refractivity contribution is -0.885. The fourth-order valence-corrected chi connectivity index (χ4v) is 3.12. The average Bonchev–Trinajstić information content (AvgIpc) is 3.12. The van der Waals surface area contributed by atoms with Crippen molar-refractivity contribution in [3.8, 4) is 0 Å². The average molecular weight is 377 g/mol. The lowest BCUT2D eigenvalue weighted by Crippen LogP contribution is -3.08. The molecule has 0 fully saturated rings. The lowest BCUT2D eigenvalue weighted by Gasteiger charge is -2.15. The largest absolute Gasteiger partial charge is 0.465 e. The number of hydrogen-bond donors (Lipinski definition) is 2. The van der Waals surface area contributed by atoms with Crippen LogP contribution in [-0.2, 0) is 20.8 Å². The van der Waals surface area contributed by atoms with Crippen LogP contribution in [0.15, 0.2) is 35.0 Å². The number of esters is 2. The third-order valence-corrected chi connectivity index (χ3v) is 4.40. The lowest BCUT2D eigenvalue weighted by atomic mass is 10.1. The molecule has 0 aliphatic rings. The molecule has 2 aromatic rings. The maximum atomic E-state index is 12.4. The molecule has 1 aromatic carbocycles. The summed E-state index contributed by atoms with van der Waals surface area (Å²) in [4.78, 5) is 37.0. The number of anilines is 1. The summed E-state index contributed by atoms with van der Waals surface area (Å²) in [6.45, 7) is 0.919. The molecule has 1 amide bonds. The zero-order valence-corrected chi connectivity index (χ0v) is 15.6. The van der Waals surface area contributed by atoms with Crippen LogP contribution < -0.4 is 10.2 Å². The summed E-state index contributed by atoms with van der Waals surface area (Å²) in [5.41, 5.74) is 1.77. The Kier molecular flexibility index (Phi) is 6.88. The predicted octanol–water partition coefficient (Wildman–Crippen LogP) is 0.975. The normalized spacial score (nSPS) is 11.5. The highest BCUT2D eigenvalue weighted by atomic mass is 32.1. The smallest absolute Gasteiger partial charge is 0.339 e. The van der Waals surface area contributed by atoms with Gasteiger partial charge in [-0.3, -0.25) is 4.79 Å². The van der Waals surface area contributed by atoms with Crippen molar-refractivity contribution in [3.05, 3.63) is 51.7 Å². The highest BCUT2D eigenvalue weighted by Crippen LogP contribution is 2.19. The number of methoxy groups -OCH3 is 2. The van der Waals surface area contributed by atoms with Gasteiger partial charge in [0.15, 0.2) is 6.54 Å². The number of rotatable bonds is 7. The summed E-state index contributed by atoms with van der Waals surface area (Å²) in [6, 6.07) is 6.29. The summed E-state index contributed by atoms with van der Waals surface area (Å²) in [6.07, 6.45) is 0. The van der Waals surface area contributed by atoms with Gasteiger partial charge in [0, 0.05) is 5.56 Å². The van der Waals surface area contributed by atoms with E-state index in [1.54, 1.807) is 11.3 Å². The van der Waals surface area contributed by atoms with Gasteiger partial charge in [-0.15, -0.1) is 0 Å². The molecule has 0 spiro atoms. The van der Waals surface area contributed by atoms with E-state index in [1.807, 2.05) is 23.9 Å². The van der Waals surface area contributed by atoms with Crippen molar-refractivity contribution in [2.45, 2.75) is 6.54 Å². The first-order valence-electron chi connectivity index (χ1n) is 7.87. The third kappa shape index (κ3) is 5.14. The van der Waals surface area contributed by atoms with Crippen LogP contribution in [-0.4, -0.2) is 45.7 Å². The molecule has 0 saturated heterocycles. The van der Waals surface area contributed by atoms with E-state index in [9.17, 15) is 14.4 Å². The number of carbonyl (C=O) groups excluding carboxylic acids is 3. The first-order valence-corrected chi connectivity index (χ1v) is 8.81. The molecule has 138 valence electrons. The van der Waals surface area contributed by atoms with Crippen LogP contribution in [0.2, 0.25) is 0 Å². The van der Waals surface area contributed by atoms with Crippen LogP contribution in [0.1, 0.15) is 26.3 Å². The zero-order valence-electron chi connectivity index (χ0n) is 14.8. The van der Waals surface area contributed by atoms with Crippen molar-refractivity contribution in [3.63, 3.8) is 0 Å². The topological polar surface area (TPSA) is 86.1 Å². The van der Waals surface area contributed by atoms with E-state index in [4.69, 9.17) is 4.74 Å². The van der Waals surface area contributed by atoms with Gasteiger partial charge in [-0.05, 0) is 35.0 Å². The van der Waals surface area contributed by atoms with Crippen LogP contribution in [0.3, 0.4) is 0 Å². The van der Waals surface area contributed by atoms with Gasteiger partial charge in [-0.1, -0.05) is 0 Å². The number of likely N-dealkylation sites (N-methyl/N-ethyl adjacent to an activating group) is 1. The Labute approximate surface area is 155 Å². The molecule has 0 aliphatic heterocycles. The van der Waals surface area contributed by atoms with Crippen LogP contribution in [0.5, 0.6) is 0 Å². The third-order valence-electron chi connectivity index (χ3n) is 3.67. The fourth-order valence-electron chi connectivity index (χ4n) is 2.45. The molecule has 0 radical (unpaired) electrons. The van der Waals surface area contributed by atoms with E-state index in [1.165, 1.54) is 32.4 Å². The van der Waals surface area contributed by atoms with E-state index < -0.39 is 11.9 Å². The molecule has 0 bridgehead atoms. The van der Waals surface area contributed by atoms with E-state index in [-0.39, 0.29) is 29.3 Å². The molecule has 1 unspecified atom stereocenters. The van der Waals surface area contributed by atoms with Crippen molar-refractivity contribution in [1.29, 1.82) is 0 Å². The molecule has 1 aromatic heterocycles. The van der Waals surface area contributed by atoms with Crippen molar-refractivity contribution < 1.29 is 28.8 Å². The minimum atomic E-state index is -0.601. The Morgan fingerprint density at radius 2 is 1.85 bits per heavy atom. The predicted molar refractivity (Wildman–Crippen MR) is 97.5 cm³/mol. The van der Waals surface area contributed by atoms with Crippen LogP contribution in [0.4, 0.5) is 5.69 Å². The number of ether oxygens (including phenoxy) is 2. The molecule has 1 atom stereocenters. The molecular formula is C18H21N2O5S+. The second-order valence-electron chi connectivity index (χ2n) is 5.73. The van der Waals surface area contributed by atoms with Crippen LogP contribution in [0.25, 0.3) is 0 Å². The van der Waals surface area contributed by atoms with Crippen LogP contribution in [0, 0.1) is 0 Å². The molecule has 8 heteroatoms. The monoisotopic (exact) mass is 377 g/mol. The molecule has 2 N–H and O–H groups in total. The number of quaternary nitrogens is 1. The number of benzene rings is 1. The number of amides is 1. The summed E-state index contributed by atoms with van der Waals surface area (Å²) in [7, 11) is 4.42. The summed E-state index contributed by atoms with van der Waals surface area (Å²) < 4.78 is 9.40. The van der Waals surface area contributed by atoms with E-state index >= 15 is 0 Å². The first-order chi connectivity index (χ1) is 12.4. The van der Waals surface area contributed by atoms with Gasteiger partial charge in [0.1, 0.15) is 6.54 Å². The highest BCUT2D eigenvalue weighted by Gasteiger charge is 2.19. The second kappa shape index (κ2) is 9.12. The summed E-state index contributed by atoms with van der Waals surface area (Å²) in [5.74, 6) is -1.43. The maximum absolute atomic E-state index is 12.4. The van der Waals surface area contributed by atoms with Crippen LogP contribution >= 0.6 is 11.3 Å². The summed E-state index contributed by atoms with van der Waals surface area (Å²) >= 11 is 1.61. The van der Waals surface area contributed by atoms with Gasteiger partial charge in [-0.25, -0.2) is 9.59 Å². The highest BCUT2D eigenvalue weighted by molar-refractivity contribution is 7.07. The van der Waals surface area contributed by atoms with Gasteiger partial charge in [0.05, 0.1) is 38.1 Å². The second-order valence-corrected chi connectivity index (χ2v) is 6.51. The molecule has 0 saturated carbocycles. The van der Waals surface area contributed by atoms with Crippen molar-refractivity contribution >= 4 is 34.9 Å². The Morgan fingerprint density at radius 3 is 2.46 bits per heavy atom. The Morgan fingerprint density at radius 1 is 1.12 bits per heavy atom. The Hall–Kier alpha value is -2.71. The Balaban J connectivity index is 2.13. The minimum absolute atomic E-state index is 0.170. The zero-order chi connectivity index (χ0) is 19.1. The molecule has 26 heavy (non-hydrogen) atoms. The van der Waals surface area contributed by atoms with E-state index in [0.717, 1.165) is 10.5 Å². The molecule has 7 nitrogen and oxygen atoms in total. The molecular weight excluding hydrogens is 356 g/mol. The first kappa shape index (κ1) is 19.6. The van der Waals surface area contributed by atoms with Gasteiger partial charge >= 0.3 is 11.9 Å². The quantitative estimate of drug-likeness (QED) is 0.703. The van der Waals surface area contributed by atoms with E-state index in [2.05, 4.69) is 10.1 Å². The molecule has 2 rings (SSSR count). The fraction of sp³-hybridized carbons (Fsp3) is 0.278.